The van der Waals surface area contributed by atoms with Gasteiger partial charge in [0.2, 0.25) is 0 Å². The number of benzene rings is 1. The third kappa shape index (κ3) is 8.34. The van der Waals surface area contributed by atoms with E-state index >= 15 is 0 Å². The molecule has 0 aromatic heterocycles. The van der Waals surface area contributed by atoms with Gasteiger partial charge in [0.15, 0.2) is 5.96 Å². The van der Waals surface area contributed by atoms with Crippen molar-refractivity contribution in [3.8, 4) is 0 Å². The second-order valence-corrected chi connectivity index (χ2v) is 6.20. The number of ether oxygens (including phenoxy) is 2. The van der Waals surface area contributed by atoms with Gasteiger partial charge < -0.3 is 25.2 Å². The van der Waals surface area contributed by atoms with Gasteiger partial charge in [-0.3, -0.25) is 4.99 Å². The number of hydrogen-bond donors (Lipinski definition) is 3. The molecule has 1 fully saturated rings. The summed E-state index contributed by atoms with van der Waals surface area (Å²) in [6.45, 7) is 6.23. The first kappa shape index (κ1) is 19.7. The average Bonchev–Trinajstić information content (AvgIpc) is 3.13. The zero-order valence-corrected chi connectivity index (χ0v) is 15.1. The Morgan fingerprint density at radius 2 is 2.20 bits per heavy atom. The highest BCUT2D eigenvalue weighted by Gasteiger charge is 2.15. The fourth-order valence-corrected chi connectivity index (χ4v) is 2.66. The number of nitrogens with one attached hydrogen (secondary N) is 2. The van der Waals surface area contributed by atoms with Gasteiger partial charge in [-0.15, -0.1) is 0 Å². The van der Waals surface area contributed by atoms with Crippen molar-refractivity contribution in [3.63, 3.8) is 0 Å². The van der Waals surface area contributed by atoms with E-state index in [0.717, 1.165) is 57.3 Å². The maximum atomic E-state index is 10.2. The van der Waals surface area contributed by atoms with Crippen molar-refractivity contribution in [3.05, 3.63) is 35.9 Å². The Kier molecular flexibility index (Phi) is 9.33. The smallest absolute Gasteiger partial charge is 0.191 e. The Hall–Kier alpha value is -1.63. The molecule has 1 aromatic carbocycles. The number of nitrogens with zero attached hydrogens (tertiary/aromatic N) is 1. The Balaban J connectivity index is 1.64. The van der Waals surface area contributed by atoms with Crippen LogP contribution in [-0.4, -0.2) is 62.7 Å². The zero-order chi connectivity index (χ0) is 17.7. The van der Waals surface area contributed by atoms with Crippen LogP contribution in [-0.2, 0) is 15.9 Å². The van der Waals surface area contributed by atoms with Gasteiger partial charge in [-0.05, 0) is 25.3 Å². The van der Waals surface area contributed by atoms with E-state index in [9.17, 15) is 5.11 Å². The van der Waals surface area contributed by atoms with Gasteiger partial charge in [-0.25, -0.2) is 0 Å². The van der Waals surface area contributed by atoms with Crippen LogP contribution in [0.4, 0.5) is 0 Å². The van der Waals surface area contributed by atoms with E-state index in [1.165, 1.54) is 0 Å². The van der Waals surface area contributed by atoms with Crippen LogP contribution in [0.15, 0.2) is 35.3 Å². The van der Waals surface area contributed by atoms with Gasteiger partial charge >= 0.3 is 0 Å². The van der Waals surface area contributed by atoms with E-state index in [4.69, 9.17) is 9.47 Å². The van der Waals surface area contributed by atoms with Crippen molar-refractivity contribution in [2.75, 3.05) is 39.5 Å². The average molecular weight is 349 g/mol. The highest BCUT2D eigenvalue weighted by atomic mass is 16.5. The zero-order valence-electron chi connectivity index (χ0n) is 15.1. The summed E-state index contributed by atoms with van der Waals surface area (Å²) in [4.78, 5) is 4.47. The summed E-state index contributed by atoms with van der Waals surface area (Å²) in [6.07, 6.45) is 2.30. The van der Waals surface area contributed by atoms with E-state index in [2.05, 4.69) is 15.6 Å². The van der Waals surface area contributed by atoms with E-state index in [-0.39, 0.29) is 6.10 Å². The predicted molar refractivity (Wildman–Crippen MR) is 99.9 cm³/mol. The van der Waals surface area contributed by atoms with Gasteiger partial charge in [0, 0.05) is 32.7 Å². The Bertz CT molecular complexity index is 490. The highest BCUT2D eigenvalue weighted by Crippen LogP contribution is 2.08. The summed E-state index contributed by atoms with van der Waals surface area (Å²) in [7, 11) is 0. The lowest BCUT2D eigenvalue weighted by Gasteiger charge is -2.14. The van der Waals surface area contributed by atoms with E-state index in [1.807, 2.05) is 37.3 Å². The third-order valence-electron chi connectivity index (χ3n) is 3.97. The van der Waals surface area contributed by atoms with Gasteiger partial charge in [-0.2, -0.15) is 0 Å². The Morgan fingerprint density at radius 1 is 1.36 bits per heavy atom. The molecule has 0 saturated carbocycles. The molecule has 0 aliphatic carbocycles. The molecule has 1 aliphatic heterocycles. The van der Waals surface area contributed by atoms with Crippen LogP contribution < -0.4 is 10.6 Å². The summed E-state index contributed by atoms with van der Waals surface area (Å²) < 4.78 is 11.0. The minimum absolute atomic E-state index is 0.259. The van der Waals surface area contributed by atoms with Crippen molar-refractivity contribution in [2.45, 2.75) is 38.4 Å². The topological polar surface area (TPSA) is 75.1 Å². The highest BCUT2D eigenvalue weighted by molar-refractivity contribution is 5.79. The van der Waals surface area contributed by atoms with Crippen LogP contribution in [0, 0.1) is 0 Å². The van der Waals surface area contributed by atoms with Gasteiger partial charge in [-0.1, -0.05) is 30.3 Å². The first-order valence-corrected chi connectivity index (χ1v) is 9.21. The molecule has 2 rings (SSSR count). The summed E-state index contributed by atoms with van der Waals surface area (Å²) in [5, 5.41) is 16.6. The lowest BCUT2D eigenvalue weighted by molar-refractivity contribution is 0.0420. The molecule has 1 heterocycles. The number of aliphatic imine (C=N–C) groups is 1. The van der Waals surface area contributed by atoms with Crippen LogP contribution in [0.5, 0.6) is 0 Å². The standard InChI is InChI=1S/C19H31N3O3/c1-2-20-19(21-10-6-11-25-18-9-12-24-15-18)22-14-17(23)13-16-7-4-3-5-8-16/h3-5,7-8,17-18,23H,2,6,9-15H2,1H3,(H2,20,21,22). The van der Waals surface area contributed by atoms with Crippen LogP contribution in [0.1, 0.15) is 25.3 Å². The summed E-state index contributed by atoms with van der Waals surface area (Å²) in [5.41, 5.74) is 1.12. The molecule has 0 amide bonds. The lowest BCUT2D eigenvalue weighted by Crippen LogP contribution is -2.38. The first-order chi connectivity index (χ1) is 12.3. The molecular weight excluding hydrogens is 318 g/mol. The second kappa shape index (κ2) is 11.8. The second-order valence-electron chi connectivity index (χ2n) is 6.20. The minimum atomic E-state index is -0.483. The van der Waals surface area contributed by atoms with Crippen LogP contribution in [0.2, 0.25) is 0 Å². The largest absolute Gasteiger partial charge is 0.391 e. The molecule has 1 aliphatic rings. The quantitative estimate of drug-likeness (QED) is 0.338. The summed E-state index contributed by atoms with van der Waals surface area (Å²) in [5.74, 6) is 0.735. The number of aliphatic hydroxyl groups is 1. The van der Waals surface area contributed by atoms with E-state index in [0.29, 0.717) is 13.0 Å². The van der Waals surface area contributed by atoms with Crippen molar-refractivity contribution in [1.82, 2.24) is 10.6 Å². The monoisotopic (exact) mass is 349 g/mol. The molecule has 6 nitrogen and oxygen atoms in total. The number of rotatable bonds is 10. The maximum absolute atomic E-state index is 10.2. The third-order valence-corrected chi connectivity index (χ3v) is 3.97. The molecule has 3 N–H and O–H groups in total. The predicted octanol–water partition coefficient (Wildman–Crippen LogP) is 1.34. The van der Waals surface area contributed by atoms with E-state index in [1.54, 1.807) is 0 Å². The molecule has 0 spiro atoms. The molecular formula is C19H31N3O3. The lowest BCUT2D eigenvalue weighted by atomic mass is 10.1. The normalized spacial score (nSPS) is 19.0. The Morgan fingerprint density at radius 3 is 2.92 bits per heavy atom. The molecule has 1 aromatic rings. The Labute approximate surface area is 150 Å². The van der Waals surface area contributed by atoms with Gasteiger partial charge in [0.05, 0.1) is 25.4 Å². The van der Waals surface area contributed by atoms with Crippen LogP contribution in [0.3, 0.4) is 0 Å². The SMILES string of the molecule is CCNC(=NCC(O)Cc1ccccc1)NCCCOC1CCOC1. The molecule has 1 saturated heterocycles. The molecule has 2 unspecified atom stereocenters. The maximum Gasteiger partial charge on any atom is 0.191 e. The van der Waals surface area contributed by atoms with Crippen molar-refractivity contribution in [1.29, 1.82) is 0 Å². The van der Waals surface area contributed by atoms with Crippen LogP contribution in [0.25, 0.3) is 0 Å². The molecule has 0 bridgehead atoms. The molecule has 2 atom stereocenters. The van der Waals surface area contributed by atoms with Gasteiger partial charge in [0.25, 0.3) is 0 Å². The number of guanidine groups is 1. The van der Waals surface area contributed by atoms with Gasteiger partial charge in [0.1, 0.15) is 0 Å². The summed E-state index contributed by atoms with van der Waals surface area (Å²) >= 11 is 0. The number of aliphatic hydroxyl groups excluding tert-OH is 1. The van der Waals surface area contributed by atoms with Crippen molar-refractivity contribution in [2.24, 2.45) is 4.99 Å². The fourth-order valence-electron chi connectivity index (χ4n) is 2.66. The molecule has 0 radical (unpaired) electrons. The van der Waals surface area contributed by atoms with Crippen molar-refractivity contribution >= 4 is 5.96 Å². The first-order valence-electron chi connectivity index (χ1n) is 9.21. The number of hydrogen-bond acceptors (Lipinski definition) is 4. The molecule has 140 valence electrons. The molecule has 25 heavy (non-hydrogen) atoms. The molecule has 6 heteroatoms. The fraction of sp³-hybridized carbons (Fsp3) is 0.632. The van der Waals surface area contributed by atoms with E-state index < -0.39 is 6.10 Å². The summed E-state index contributed by atoms with van der Waals surface area (Å²) in [6, 6.07) is 9.98. The van der Waals surface area contributed by atoms with Crippen molar-refractivity contribution < 1.29 is 14.6 Å². The minimum Gasteiger partial charge on any atom is -0.391 e. The van der Waals surface area contributed by atoms with Crippen LogP contribution >= 0.6 is 0 Å².